The summed E-state index contributed by atoms with van der Waals surface area (Å²) in [5, 5.41) is 3.38. The Kier molecular flexibility index (Phi) is 6.29. The second-order valence-corrected chi connectivity index (χ2v) is 5.41. The van der Waals surface area contributed by atoms with Crippen molar-refractivity contribution in [2.45, 2.75) is 19.8 Å². The Bertz CT molecular complexity index is 656. The predicted molar refractivity (Wildman–Crippen MR) is 92.6 cm³/mol. The molecule has 0 fully saturated rings. The van der Waals surface area contributed by atoms with E-state index in [1.807, 2.05) is 31.2 Å². The lowest BCUT2D eigenvalue weighted by atomic mass is 10.1. The highest BCUT2D eigenvalue weighted by atomic mass is 35.5. The molecule has 122 valence electrons. The molecule has 0 atom stereocenters. The Morgan fingerprint density at radius 1 is 1.17 bits per heavy atom. The summed E-state index contributed by atoms with van der Waals surface area (Å²) < 4.78 is 10.6. The van der Waals surface area contributed by atoms with Crippen molar-refractivity contribution in [3.05, 3.63) is 53.1 Å². The standard InChI is InChI=1S/C18H20ClNO3/c1-3-23-15-8-4-13(5-9-15)6-11-18(21)20-16-12-14(19)7-10-17(16)22-2/h4-5,7-10,12H,3,6,11H2,1-2H3,(H,20,21). The van der Waals surface area contributed by atoms with Crippen molar-refractivity contribution < 1.29 is 14.3 Å². The van der Waals surface area contributed by atoms with E-state index in [-0.39, 0.29) is 5.91 Å². The molecule has 0 spiro atoms. The predicted octanol–water partition coefficient (Wildman–Crippen LogP) is 4.32. The zero-order valence-corrected chi connectivity index (χ0v) is 14.0. The normalized spacial score (nSPS) is 10.2. The molecule has 0 aliphatic heterocycles. The molecule has 4 nitrogen and oxygen atoms in total. The summed E-state index contributed by atoms with van der Waals surface area (Å²) in [5.41, 5.74) is 1.67. The van der Waals surface area contributed by atoms with Crippen LogP contribution in [0.1, 0.15) is 18.9 Å². The molecular weight excluding hydrogens is 314 g/mol. The molecule has 5 heteroatoms. The van der Waals surface area contributed by atoms with E-state index < -0.39 is 0 Å². The van der Waals surface area contributed by atoms with Gasteiger partial charge in [-0.05, 0) is 49.2 Å². The molecule has 23 heavy (non-hydrogen) atoms. The van der Waals surface area contributed by atoms with Gasteiger partial charge in [-0.2, -0.15) is 0 Å². The van der Waals surface area contributed by atoms with Gasteiger partial charge >= 0.3 is 0 Å². The van der Waals surface area contributed by atoms with Crippen molar-refractivity contribution in [1.82, 2.24) is 0 Å². The van der Waals surface area contributed by atoms with Crippen molar-refractivity contribution in [3.63, 3.8) is 0 Å². The van der Waals surface area contributed by atoms with E-state index in [0.29, 0.717) is 35.9 Å². The van der Waals surface area contributed by atoms with Gasteiger partial charge in [0, 0.05) is 11.4 Å². The SMILES string of the molecule is CCOc1ccc(CCC(=O)Nc2cc(Cl)ccc2OC)cc1. The van der Waals surface area contributed by atoms with Gasteiger partial charge < -0.3 is 14.8 Å². The number of benzene rings is 2. The van der Waals surface area contributed by atoms with Crippen molar-refractivity contribution >= 4 is 23.2 Å². The third kappa shape index (κ3) is 5.18. The number of anilines is 1. The van der Waals surface area contributed by atoms with E-state index in [2.05, 4.69) is 5.32 Å². The van der Waals surface area contributed by atoms with Crippen LogP contribution in [-0.4, -0.2) is 19.6 Å². The molecule has 0 saturated heterocycles. The molecule has 1 amide bonds. The number of amides is 1. The fraction of sp³-hybridized carbons (Fsp3) is 0.278. The molecule has 1 N–H and O–H groups in total. The number of aryl methyl sites for hydroxylation is 1. The largest absolute Gasteiger partial charge is 0.495 e. The van der Waals surface area contributed by atoms with Crippen molar-refractivity contribution in [2.75, 3.05) is 19.0 Å². The summed E-state index contributed by atoms with van der Waals surface area (Å²) in [6, 6.07) is 12.9. The van der Waals surface area contributed by atoms with Gasteiger partial charge in [0.2, 0.25) is 5.91 Å². The molecule has 0 aliphatic carbocycles. The molecule has 0 bridgehead atoms. The zero-order valence-electron chi connectivity index (χ0n) is 13.3. The van der Waals surface area contributed by atoms with Crippen LogP contribution >= 0.6 is 11.6 Å². The van der Waals surface area contributed by atoms with Crippen LogP contribution in [0.3, 0.4) is 0 Å². The van der Waals surface area contributed by atoms with E-state index in [1.54, 1.807) is 25.3 Å². The monoisotopic (exact) mass is 333 g/mol. The van der Waals surface area contributed by atoms with Gasteiger partial charge in [0.25, 0.3) is 0 Å². The Morgan fingerprint density at radius 3 is 2.57 bits per heavy atom. The molecule has 0 aliphatic rings. The number of hydrogen-bond acceptors (Lipinski definition) is 3. The quantitative estimate of drug-likeness (QED) is 0.821. The van der Waals surface area contributed by atoms with Crippen LogP contribution < -0.4 is 14.8 Å². The number of halogens is 1. The van der Waals surface area contributed by atoms with Crippen LogP contribution in [0.2, 0.25) is 5.02 Å². The van der Waals surface area contributed by atoms with Gasteiger partial charge in [-0.25, -0.2) is 0 Å². The second-order valence-electron chi connectivity index (χ2n) is 4.97. The van der Waals surface area contributed by atoms with E-state index in [1.165, 1.54) is 0 Å². The Morgan fingerprint density at radius 2 is 1.91 bits per heavy atom. The van der Waals surface area contributed by atoms with Crippen LogP contribution in [0, 0.1) is 0 Å². The van der Waals surface area contributed by atoms with Gasteiger partial charge in [-0.15, -0.1) is 0 Å². The number of methoxy groups -OCH3 is 1. The third-order valence-corrected chi connectivity index (χ3v) is 3.55. The summed E-state index contributed by atoms with van der Waals surface area (Å²) in [7, 11) is 1.55. The summed E-state index contributed by atoms with van der Waals surface area (Å²) in [6.07, 6.45) is 1.03. The first-order valence-corrected chi connectivity index (χ1v) is 7.85. The summed E-state index contributed by atoms with van der Waals surface area (Å²) in [5.74, 6) is 1.34. The minimum atomic E-state index is -0.0838. The first-order valence-electron chi connectivity index (χ1n) is 7.47. The Labute approximate surface area is 141 Å². The average Bonchev–Trinajstić information content (AvgIpc) is 2.55. The number of carbonyl (C=O) groups is 1. The number of rotatable bonds is 7. The van der Waals surface area contributed by atoms with E-state index >= 15 is 0 Å². The molecule has 2 aromatic carbocycles. The fourth-order valence-corrected chi connectivity index (χ4v) is 2.34. The van der Waals surface area contributed by atoms with Gasteiger partial charge in [0.05, 0.1) is 19.4 Å². The summed E-state index contributed by atoms with van der Waals surface area (Å²) in [4.78, 5) is 12.1. The number of nitrogens with one attached hydrogen (secondary N) is 1. The van der Waals surface area contributed by atoms with Gasteiger partial charge in [-0.1, -0.05) is 23.7 Å². The van der Waals surface area contributed by atoms with Crippen LogP contribution in [0.25, 0.3) is 0 Å². The average molecular weight is 334 g/mol. The lowest BCUT2D eigenvalue weighted by Gasteiger charge is -2.10. The van der Waals surface area contributed by atoms with Gasteiger partial charge in [0.1, 0.15) is 11.5 Å². The van der Waals surface area contributed by atoms with E-state index in [4.69, 9.17) is 21.1 Å². The smallest absolute Gasteiger partial charge is 0.224 e. The molecule has 0 unspecified atom stereocenters. The van der Waals surface area contributed by atoms with Crippen LogP contribution in [-0.2, 0) is 11.2 Å². The molecule has 0 saturated carbocycles. The van der Waals surface area contributed by atoms with Gasteiger partial charge in [0.15, 0.2) is 0 Å². The van der Waals surface area contributed by atoms with Crippen LogP contribution in [0.4, 0.5) is 5.69 Å². The van der Waals surface area contributed by atoms with E-state index in [0.717, 1.165) is 11.3 Å². The van der Waals surface area contributed by atoms with Crippen LogP contribution in [0.15, 0.2) is 42.5 Å². The van der Waals surface area contributed by atoms with Crippen LogP contribution in [0.5, 0.6) is 11.5 Å². The lowest BCUT2D eigenvalue weighted by Crippen LogP contribution is -2.13. The van der Waals surface area contributed by atoms with Crippen molar-refractivity contribution in [3.8, 4) is 11.5 Å². The molecule has 0 heterocycles. The zero-order chi connectivity index (χ0) is 16.7. The Balaban J connectivity index is 1.91. The summed E-state index contributed by atoms with van der Waals surface area (Å²) in [6.45, 7) is 2.59. The highest BCUT2D eigenvalue weighted by molar-refractivity contribution is 6.31. The molecule has 0 radical (unpaired) electrons. The van der Waals surface area contributed by atoms with Crippen molar-refractivity contribution in [1.29, 1.82) is 0 Å². The number of hydrogen-bond donors (Lipinski definition) is 1. The highest BCUT2D eigenvalue weighted by Crippen LogP contribution is 2.27. The highest BCUT2D eigenvalue weighted by Gasteiger charge is 2.08. The lowest BCUT2D eigenvalue weighted by molar-refractivity contribution is -0.116. The maximum atomic E-state index is 12.1. The first kappa shape index (κ1) is 17.2. The number of ether oxygens (including phenoxy) is 2. The first-order chi connectivity index (χ1) is 11.1. The molecule has 0 aromatic heterocycles. The second kappa shape index (κ2) is 8.44. The van der Waals surface area contributed by atoms with Gasteiger partial charge in [-0.3, -0.25) is 4.79 Å². The maximum Gasteiger partial charge on any atom is 0.224 e. The Hall–Kier alpha value is -2.20. The van der Waals surface area contributed by atoms with E-state index in [9.17, 15) is 4.79 Å². The fourth-order valence-electron chi connectivity index (χ4n) is 2.17. The molecule has 2 aromatic rings. The van der Waals surface area contributed by atoms with Crippen molar-refractivity contribution in [2.24, 2.45) is 0 Å². The maximum absolute atomic E-state index is 12.1. The molecule has 2 rings (SSSR count). The minimum Gasteiger partial charge on any atom is -0.495 e. The molecular formula is C18H20ClNO3. The topological polar surface area (TPSA) is 47.6 Å². The number of carbonyl (C=O) groups excluding carboxylic acids is 1. The summed E-state index contributed by atoms with van der Waals surface area (Å²) >= 11 is 5.95. The third-order valence-electron chi connectivity index (χ3n) is 3.31. The minimum absolute atomic E-state index is 0.0838.